The van der Waals surface area contributed by atoms with E-state index in [2.05, 4.69) is 34.5 Å². The molecule has 6 nitrogen and oxygen atoms in total. The summed E-state index contributed by atoms with van der Waals surface area (Å²) >= 11 is 1.40. The number of ether oxygens (including phenoxy) is 2. The smallest absolute Gasteiger partial charge is 0.341 e. The number of anilines is 2. The third kappa shape index (κ3) is 5.11. The quantitative estimate of drug-likeness (QED) is 0.476. The van der Waals surface area contributed by atoms with Gasteiger partial charge in [-0.2, -0.15) is 0 Å². The summed E-state index contributed by atoms with van der Waals surface area (Å²) in [6, 6.07) is 16.1. The third-order valence-electron chi connectivity index (χ3n) is 6.80. The molecular weight excluding hydrogens is 460 g/mol. The van der Waals surface area contributed by atoms with Gasteiger partial charge in [0.15, 0.2) is 0 Å². The van der Waals surface area contributed by atoms with Gasteiger partial charge in [0.25, 0.3) is 5.91 Å². The lowest BCUT2D eigenvalue weighted by Crippen LogP contribution is -2.36. The van der Waals surface area contributed by atoms with E-state index in [9.17, 15) is 9.59 Å². The van der Waals surface area contributed by atoms with Crippen molar-refractivity contribution in [3.05, 3.63) is 81.7 Å². The van der Waals surface area contributed by atoms with Gasteiger partial charge in [-0.3, -0.25) is 4.79 Å². The van der Waals surface area contributed by atoms with Crippen molar-refractivity contribution in [3.8, 4) is 0 Å². The summed E-state index contributed by atoms with van der Waals surface area (Å²) < 4.78 is 10.9. The van der Waals surface area contributed by atoms with Gasteiger partial charge < -0.3 is 19.7 Å². The van der Waals surface area contributed by atoms with Crippen LogP contribution in [0.2, 0.25) is 0 Å². The van der Waals surface area contributed by atoms with Crippen LogP contribution in [0.4, 0.5) is 10.7 Å². The Morgan fingerprint density at radius 3 is 2.71 bits per heavy atom. The van der Waals surface area contributed by atoms with Crippen LogP contribution >= 0.6 is 11.3 Å². The Balaban J connectivity index is 1.40. The van der Waals surface area contributed by atoms with Gasteiger partial charge in [-0.25, -0.2) is 4.79 Å². The minimum Gasteiger partial charge on any atom is -0.462 e. The first-order valence-electron chi connectivity index (χ1n) is 12.2. The maximum atomic E-state index is 13.2. The second-order valence-corrected chi connectivity index (χ2v) is 9.81. The van der Waals surface area contributed by atoms with Gasteiger partial charge in [-0.1, -0.05) is 30.3 Å². The van der Waals surface area contributed by atoms with Crippen LogP contribution in [0.3, 0.4) is 0 Å². The van der Waals surface area contributed by atoms with Gasteiger partial charge in [0.2, 0.25) is 0 Å². The van der Waals surface area contributed by atoms with Crippen molar-refractivity contribution in [1.29, 1.82) is 0 Å². The molecule has 1 N–H and O–H groups in total. The van der Waals surface area contributed by atoms with Crippen LogP contribution in [0.1, 0.15) is 56.7 Å². The molecule has 2 heterocycles. The molecule has 35 heavy (non-hydrogen) atoms. The molecule has 1 aromatic heterocycles. The van der Waals surface area contributed by atoms with Crippen LogP contribution in [0.5, 0.6) is 0 Å². The molecular formula is C28H30N2O4S. The van der Waals surface area contributed by atoms with Gasteiger partial charge in [0.1, 0.15) is 5.00 Å². The molecule has 1 saturated heterocycles. The van der Waals surface area contributed by atoms with Crippen LogP contribution in [0.25, 0.3) is 0 Å². The number of thiophene rings is 1. The first-order valence-corrected chi connectivity index (χ1v) is 13.1. The zero-order chi connectivity index (χ0) is 24.2. The van der Waals surface area contributed by atoms with E-state index in [0.29, 0.717) is 29.3 Å². The van der Waals surface area contributed by atoms with E-state index in [1.165, 1.54) is 22.5 Å². The van der Waals surface area contributed by atoms with Gasteiger partial charge in [0.05, 0.1) is 25.4 Å². The summed E-state index contributed by atoms with van der Waals surface area (Å²) in [7, 11) is 0. The normalized spacial score (nSPS) is 17.5. The Kier molecular flexibility index (Phi) is 7.16. The van der Waals surface area contributed by atoms with Crippen LogP contribution in [0, 0.1) is 0 Å². The molecule has 1 unspecified atom stereocenters. The van der Waals surface area contributed by atoms with Crippen molar-refractivity contribution in [1.82, 2.24) is 0 Å². The molecule has 1 aliphatic heterocycles. The number of hydrogen-bond donors (Lipinski definition) is 1. The van der Waals surface area contributed by atoms with E-state index in [1.807, 2.05) is 23.6 Å². The molecule has 3 aromatic rings. The van der Waals surface area contributed by atoms with Crippen LogP contribution in [-0.4, -0.2) is 44.8 Å². The Morgan fingerprint density at radius 1 is 1.11 bits per heavy atom. The molecule has 5 rings (SSSR count). The van der Waals surface area contributed by atoms with E-state index >= 15 is 0 Å². The highest BCUT2D eigenvalue weighted by molar-refractivity contribution is 7.15. The number of fused-ring (bicyclic) bond motifs is 1. The molecule has 0 saturated carbocycles. The largest absolute Gasteiger partial charge is 0.462 e. The Labute approximate surface area is 209 Å². The summed E-state index contributed by atoms with van der Waals surface area (Å²) in [4.78, 5) is 28.5. The summed E-state index contributed by atoms with van der Waals surface area (Å²) in [6.07, 6.45) is 2.83. The van der Waals surface area contributed by atoms with E-state index < -0.39 is 0 Å². The number of nitrogens with zero attached hydrogens (tertiary/aromatic N) is 1. The van der Waals surface area contributed by atoms with Crippen molar-refractivity contribution in [2.45, 2.75) is 32.1 Å². The topological polar surface area (TPSA) is 67.9 Å². The molecule has 2 aromatic carbocycles. The standard InChI is InChI=1S/C28H30N2O4S/c1-2-34-28(32)25-24(21-11-10-19-6-3-4-7-20(19)16-21)18-35-27(25)29-26(31)22-8-5-9-23(17-22)30-12-14-33-15-13-30/h3-9,17-18,21H,2,10-16H2,1H3,(H,29,31). The number of hydrogen-bond acceptors (Lipinski definition) is 6. The number of rotatable bonds is 6. The van der Waals surface area contributed by atoms with Crippen molar-refractivity contribution in [2.24, 2.45) is 0 Å². The molecule has 7 heteroatoms. The van der Waals surface area contributed by atoms with Gasteiger partial charge in [0, 0.05) is 24.3 Å². The number of carbonyl (C=O) groups is 2. The summed E-state index contributed by atoms with van der Waals surface area (Å²) in [6.45, 7) is 5.06. The number of morpholine rings is 1. The third-order valence-corrected chi connectivity index (χ3v) is 7.71. The van der Waals surface area contributed by atoms with Crippen molar-refractivity contribution in [2.75, 3.05) is 43.1 Å². The predicted octanol–water partition coefficient (Wildman–Crippen LogP) is 5.29. The van der Waals surface area contributed by atoms with E-state index in [0.717, 1.165) is 43.6 Å². The monoisotopic (exact) mass is 490 g/mol. The fraction of sp³-hybridized carbons (Fsp3) is 0.357. The summed E-state index contributed by atoms with van der Waals surface area (Å²) in [5, 5.41) is 5.58. The maximum Gasteiger partial charge on any atom is 0.341 e. The fourth-order valence-electron chi connectivity index (χ4n) is 4.98. The molecule has 2 aliphatic rings. The molecule has 1 atom stereocenters. The first-order chi connectivity index (χ1) is 17.1. The van der Waals surface area contributed by atoms with Gasteiger partial charge in [-0.05, 0) is 72.4 Å². The number of amides is 1. The minimum absolute atomic E-state index is 0.218. The Bertz CT molecular complexity index is 1220. The highest BCUT2D eigenvalue weighted by Gasteiger charge is 2.29. The number of carbonyl (C=O) groups excluding carboxylic acids is 2. The number of esters is 1. The molecule has 1 fully saturated rings. The highest BCUT2D eigenvalue weighted by Crippen LogP contribution is 2.40. The highest BCUT2D eigenvalue weighted by atomic mass is 32.1. The molecule has 0 bridgehead atoms. The van der Waals surface area contributed by atoms with E-state index in [1.54, 1.807) is 13.0 Å². The van der Waals surface area contributed by atoms with Gasteiger partial charge >= 0.3 is 5.97 Å². The molecule has 1 amide bonds. The lowest BCUT2D eigenvalue weighted by molar-refractivity contribution is 0.0526. The zero-order valence-corrected chi connectivity index (χ0v) is 20.7. The van der Waals surface area contributed by atoms with E-state index in [4.69, 9.17) is 9.47 Å². The van der Waals surface area contributed by atoms with Gasteiger partial charge in [-0.15, -0.1) is 11.3 Å². The van der Waals surface area contributed by atoms with Crippen molar-refractivity contribution in [3.63, 3.8) is 0 Å². The lowest BCUT2D eigenvalue weighted by Gasteiger charge is -2.29. The van der Waals surface area contributed by atoms with Crippen molar-refractivity contribution >= 4 is 33.9 Å². The van der Waals surface area contributed by atoms with Crippen molar-refractivity contribution < 1.29 is 19.1 Å². The van der Waals surface area contributed by atoms with Crippen LogP contribution in [0.15, 0.2) is 53.9 Å². The summed E-state index contributed by atoms with van der Waals surface area (Å²) in [5.41, 5.74) is 5.74. The summed E-state index contributed by atoms with van der Waals surface area (Å²) in [5.74, 6) is -0.385. The second-order valence-electron chi connectivity index (χ2n) is 8.93. The molecule has 1 aliphatic carbocycles. The SMILES string of the molecule is CCOC(=O)c1c(C2CCc3ccccc3C2)csc1NC(=O)c1cccc(N2CCOCC2)c1. The van der Waals surface area contributed by atoms with Crippen LogP contribution < -0.4 is 10.2 Å². The number of nitrogens with one attached hydrogen (secondary N) is 1. The number of benzene rings is 2. The minimum atomic E-state index is -0.375. The first kappa shape index (κ1) is 23.6. The second kappa shape index (κ2) is 10.6. The fourth-order valence-corrected chi connectivity index (χ4v) is 6.01. The zero-order valence-electron chi connectivity index (χ0n) is 19.9. The molecule has 0 spiro atoms. The predicted molar refractivity (Wildman–Crippen MR) is 139 cm³/mol. The average molecular weight is 491 g/mol. The average Bonchev–Trinajstić information content (AvgIpc) is 3.32. The maximum absolute atomic E-state index is 13.2. The Hall–Kier alpha value is -3.16. The lowest BCUT2D eigenvalue weighted by atomic mass is 9.80. The number of aryl methyl sites for hydroxylation is 1. The Morgan fingerprint density at radius 2 is 1.91 bits per heavy atom. The van der Waals surface area contributed by atoms with Crippen LogP contribution in [-0.2, 0) is 22.3 Å². The van der Waals surface area contributed by atoms with E-state index in [-0.39, 0.29) is 24.4 Å². The molecule has 0 radical (unpaired) electrons. The molecule has 182 valence electrons.